The second-order valence-electron chi connectivity index (χ2n) is 6.29. The summed E-state index contributed by atoms with van der Waals surface area (Å²) < 4.78 is 0. The standard InChI is InChI=1S/C17H27N3/c1-3-20-9-8-19(12-14(20)2)13-17-10-15-6-4-5-7-16(15)11-18-17/h4-7,14,17-18H,3,8-13H2,1-2H3. The summed E-state index contributed by atoms with van der Waals surface area (Å²) in [5.41, 5.74) is 3.02. The third kappa shape index (κ3) is 3.05. The third-order valence-electron chi connectivity index (χ3n) is 4.90. The van der Waals surface area contributed by atoms with E-state index in [1.807, 2.05) is 0 Å². The van der Waals surface area contributed by atoms with Gasteiger partial charge in [-0.2, -0.15) is 0 Å². The Morgan fingerprint density at radius 3 is 2.75 bits per heavy atom. The molecule has 2 aliphatic heterocycles. The van der Waals surface area contributed by atoms with Crippen LogP contribution in [0.2, 0.25) is 0 Å². The topological polar surface area (TPSA) is 18.5 Å². The fraction of sp³-hybridized carbons (Fsp3) is 0.647. The van der Waals surface area contributed by atoms with Crippen molar-refractivity contribution in [1.29, 1.82) is 0 Å². The molecule has 0 radical (unpaired) electrons. The van der Waals surface area contributed by atoms with Crippen molar-refractivity contribution >= 4 is 0 Å². The van der Waals surface area contributed by atoms with E-state index >= 15 is 0 Å². The van der Waals surface area contributed by atoms with Crippen LogP contribution in [0.3, 0.4) is 0 Å². The predicted molar refractivity (Wildman–Crippen MR) is 83.9 cm³/mol. The van der Waals surface area contributed by atoms with Gasteiger partial charge in [-0.25, -0.2) is 0 Å². The highest BCUT2D eigenvalue weighted by atomic mass is 15.3. The van der Waals surface area contributed by atoms with E-state index in [0.717, 1.165) is 6.54 Å². The Morgan fingerprint density at radius 2 is 2.00 bits per heavy atom. The fourth-order valence-corrected chi connectivity index (χ4v) is 3.67. The molecule has 20 heavy (non-hydrogen) atoms. The van der Waals surface area contributed by atoms with Gasteiger partial charge in [-0.3, -0.25) is 9.80 Å². The maximum Gasteiger partial charge on any atom is 0.0238 e. The van der Waals surface area contributed by atoms with Crippen molar-refractivity contribution in [3.63, 3.8) is 0 Å². The Bertz CT molecular complexity index is 446. The lowest BCUT2D eigenvalue weighted by atomic mass is 9.95. The molecule has 0 amide bonds. The summed E-state index contributed by atoms with van der Waals surface area (Å²) in [6, 6.07) is 10.2. The SMILES string of the molecule is CCN1CCN(CC2Cc3ccccc3CN2)CC1C. The van der Waals surface area contributed by atoms with Crippen LogP contribution in [-0.4, -0.2) is 54.6 Å². The smallest absolute Gasteiger partial charge is 0.0238 e. The van der Waals surface area contributed by atoms with Gasteiger partial charge in [0.1, 0.15) is 0 Å². The molecule has 1 saturated heterocycles. The molecular weight excluding hydrogens is 246 g/mol. The minimum atomic E-state index is 0.616. The van der Waals surface area contributed by atoms with Gasteiger partial charge in [-0.1, -0.05) is 31.2 Å². The van der Waals surface area contributed by atoms with E-state index in [1.165, 1.54) is 50.3 Å². The minimum Gasteiger partial charge on any atom is -0.308 e. The van der Waals surface area contributed by atoms with Gasteiger partial charge in [-0.15, -0.1) is 0 Å². The van der Waals surface area contributed by atoms with Crippen LogP contribution >= 0.6 is 0 Å². The van der Waals surface area contributed by atoms with Gasteiger partial charge in [0.2, 0.25) is 0 Å². The molecule has 0 bridgehead atoms. The first-order valence-electron chi connectivity index (χ1n) is 8.03. The van der Waals surface area contributed by atoms with Crippen LogP contribution in [-0.2, 0) is 13.0 Å². The number of nitrogens with one attached hydrogen (secondary N) is 1. The first-order valence-corrected chi connectivity index (χ1v) is 8.03. The average molecular weight is 273 g/mol. The highest BCUT2D eigenvalue weighted by Crippen LogP contribution is 2.18. The molecule has 110 valence electrons. The first-order chi connectivity index (χ1) is 9.76. The lowest BCUT2D eigenvalue weighted by Crippen LogP contribution is -2.55. The number of hydrogen-bond acceptors (Lipinski definition) is 3. The summed E-state index contributed by atoms with van der Waals surface area (Å²) in [4.78, 5) is 5.22. The van der Waals surface area contributed by atoms with E-state index in [0.29, 0.717) is 12.1 Å². The molecule has 0 saturated carbocycles. The molecule has 1 aromatic carbocycles. The summed E-state index contributed by atoms with van der Waals surface area (Å²) >= 11 is 0. The summed E-state index contributed by atoms with van der Waals surface area (Å²) in [5.74, 6) is 0. The zero-order valence-corrected chi connectivity index (χ0v) is 12.8. The first kappa shape index (κ1) is 14.1. The number of piperazine rings is 1. The van der Waals surface area contributed by atoms with Crippen molar-refractivity contribution in [2.75, 3.05) is 32.7 Å². The van der Waals surface area contributed by atoms with E-state index in [1.54, 1.807) is 0 Å². The van der Waals surface area contributed by atoms with Crippen molar-refractivity contribution in [1.82, 2.24) is 15.1 Å². The summed E-state index contributed by atoms with van der Waals surface area (Å²) in [7, 11) is 0. The second-order valence-corrected chi connectivity index (χ2v) is 6.29. The summed E-state index contributed by atoms with van der Waals surface area (Å²) in [6.45, 7) is 11.7. The van der Waals surface area contributed by atoms with Crippen LogP contribution in [0.4, 0.5) is 0 Å². The molecule has 2 atom stereocenters. The van der Waals surface area contributed by atoms with Crippen LogP contribution in [0.5, 0.6) is 0 Å². The Balaban J connectivity index is 1.55. The van der Waals surface area contributed by atoms with Gasteiger partial charge in [0, 0.05) is 44.8 Å². The predicted octanol–water partition coefficient (Wildman–Crippen LogP) is 1.73. The average Bonchev–Trinajstić information content (AvgIpc) is 2.47. The maximum absolute atomic E-state index is 3.71. The molecule has 3 nitrogen and oxygen atoms in total. The Kier molecular flexibility index (Phi) is 4.39. The zero-order chi connectivity index (χ0) is 13.9. The normalized spacial score (nSPS) is 28.3. The number of fused-ring (bicyclic) bond motifs is 1. The number of nitrogens with zero attached hydrogens (tertiary/aromatic N) is 2. The van der Waals surface area contributed by atoms with E-state index in [2.05, 4.69) is 53.2 Å². The highest BCUT2D eigenvalue weighted by Gasteiger charge is 2.25. The Hall–Kier alpha value is -0.900. The molecule has 0 aliphatic carbocycles. The molecule has 2 heterocycles. The van der Waals surface area contributed by atoms with Crippen molar-refractivity contribution in [3.05, 3.63) is 35.4 Å². The van der Waals surface area contributed by atoms with Crippen LogP contribution in [0.25, 0.3) is 0 Å². The third-order valence-corrected chi connectivity index (χ3v) is 4.90. The van der Waals surface area contributed by atoms with Gasteiger partial charge in [0.15, 0.2) is 0 Å². The van der Waals surface area contributed by atoms with Crippen molar-refractivity contribution < 1.29 is 0 Å². The minimum absolute atomic E-state index is 0.616. The number of hydrogen-bond donors (Lipinski definition) is 1. The molecule has 1 fully saturated rings. The monoisotopic (exact) mass is 273 g/mol. The molecule has 3 rings (SSSR count). The van der Waals surface area contributed by atoms with Gasteiger partial charge in [0.25, 0.3) is 0 Å². The van der Waals surface area contributed by atoms with Gasteiger partial charge in [0.05, 0.1) is 0 Å². The summed E-state index contributed by atoms with van der Waals surface area (Å²) in [6.07, 6.45) is 1.18. The van der Waals surface area contributed by atoms with Crippen LogP contribution < -0.4 is 5.32 Å². The van der Waals surface area contributed by atoms with Crippen molar-refractivity contribution in [2.24, 2.45) is 0 Å². The van der Waals surface area contributed by atoms with E-state index in [4.69, 9.17) is 0 Å². The van der Waals surface area contributed by atoms with Crippen molar-refractivity contribution in [3.8, 4) is 0 Å². The maximum atomic E-state index is 3.71. The number of rotatable bonds is 3. The van der Waals surface area contributed by atoms with Crippen LogP contribution in [0, 0.1) is 0 Å². The van der Waals surface area contributed by atoms with Crippen molar-refractivity contribution in [2.45, 2.75) is 38.9 Å². The molecule has 0 spiro atoms. The number of likely N-dealkylation sites (N-methyl/N-ethyl adjacent to an activating group) is 1. The van der Waals surface area contributed by atoms with Gasteiger partial charge < -0.3 is 5.32 Å². The second kappa shape index (κ2) is 6.25. The van der Waals surface area contributed by atoms with Crippen LogP contribution in [0.15, 0.2) is 24.3 Å². The van der Waals surface area contributed by atoms with E-state index in [9.17, 15) is 0 Å². The lowest BCUT2D eigenvalue weighted by Gasteiger charge is -2.41. The molecular formula is C17H27N3. The molecule has 2 aliphatic rings. The Morgan fingerprint density at radius 1 is 1.20 bits per heavy atom. The highest BCUT2D eigenvalue weighted by molar-refractivity contribution is 5.29. The Labute approximate surface area is 123 Å². The zero-order valence-electron chi connectivity index (χ0n) is 12.8. The fourth-order valence-electron chi connectivity index (χ4n) is 3.67. The largest absolute Gasteiger partial charge is 0.308 e. The van der Waals surface area contributed by atoms with Gasteiger partial charge in [-0.05, 0) is 31.0 Å². The van der Waals surface area contributed by atoms with E-state index in [-0.39, 0.29) is 0 Å². The molecule has 3 heteroatoms. The summed E-state index contributed by atoms with van der Waals surface area (Å²) in [5, 5.41) is 3.71. The van der Waals surface area contributed by atoms with Gasteiger partial charge >= 0.3 is 0 Å². The molecule has 0 aromatic heterocycles. The molecule has 1 N–H and O–H groups in total. The van der Waals surface area contributed by atoms with Crippen LogP contribution in [0.1, 0.15) is 25.0 Å². The lowest BCUT2D eigenvalue weighted by molar-refractivity contribution is 0.0805. The molecule has 2 unspecified atom stereocenters. The quantitative estimate of drug-likeness (QED) is 0.905. The molecule has 1 aromatic rings. The van der Waals surface area contributed by atoms with E-state index < -0.39 is 0 Å². The number of benzene rings is 1.